The maximum atomic E-state index is 9.39. The Labute approximate surface area is 75.2 Å². The largest absolute Gasteiger partial charge is 0.396 e. The molecule has 0 aromatic carbocycles. The molecule has 1 nitrogen and oxygen atoms in total. The first kappa shape index (κ1) is 8.55. The molecule has 1 N–H and O–H groups in total. The van der Waals surface area contributed by atoms with E-state index < -0.39 is 0 Å². The van der Waals surface area contributed by atoms with E-state index in [1.54, 1.807) is 0 Å². The Morgan fingerprint density at radius 1 is 1.00 bits per heavy atom. The fraction of sp³-hybridized carbons (Fsp3) is 1.00. The molecule has 0 saturated heterocycles. The zero-order valence-corrected chi connectivity index (χ0v) is 7.89. The van der Waals surface area contributed by atoms with Crippen molar-refractivity contribution in [2.45, 2.75) is 51.4 Å². The van der Waals surface area contributed by atoms with Crippen molar-refractivity contribution >= 4 is 0 Å². The molecule has 2 aliphatic carbocycles. The Morgan fingerprint density at radius 2 is 1.67 bits per heavy atom. The fourth-order valence-corrected chi connectivity index (χ4v) is 3.04. The Hall–Kier alpha value is -0.0400. The van der Waals surface area contributed by atoms with E-state index >= 15 is 0 Å². The van der Waals surface area contributed by atoms with Crippen LogP contribution >= 0.6 is 0 Å². The molecule has 2 aliphatic rings. The molecular formula is C11H20O. The van der Waals surface area contributed by atoms with Gasteiger partial charge in [0, 0.05) is 6.61 Å². The van der Waals surface area contributed by atoms with Gasteiger partial charge in [-0.05, 0) is 37.0 Å². The summed E-state index contributed by atoms with van der Waals surface area (Å²) >= 11 is 0. The highest BCUT2D eigenvalue weighted by molar-refractivity contribution is 4.93. The van der Waals surface area contributed by atoms with Gasteiger partial charge in [0.25, 0.3) is 0 Å². The summed E-state index contributed by atoms with van der Waals surface area (Å²) in [7, 11) is 0. The zero-order valence-electron chi connectivity index (χ0n) is 7.89. The summed E-state index contributed by atoms with van der Waals surface area (Å²) in [5.74, 6) is 0.866. The standard InChI is InChI=1S/C11H20O/c12-9-11(7-4-8-11)10-5-2-1-3-6-10/h10,12H,1-9H2. The van der Waals surface area contributed by atoms with Crippen molar-refractivity contribution < 1.29 is 5.11 Å². The normalized spacial score (nSPS) is 29.8. The third kappa shape index (κ3) is 1.28. The first-order chi connectivity index (χ1) is 5.87. The van der Waals surface area contributed by atoms with Crippen molar-refractivity contribution in [1.82, 2.24) is 0 Å². The SMILES string of the molecule is OCC1(C2CCCCC2)CCC1. The molecule has 0 aliphatic heterocycles. The predicted octanol–water partition coefficient (Wildman–Crippen LogP) is 2.73. The van der Waals surface area contributed by atoms with Gasteiger partial charge in [0.05, 0.1) is 0 Å². The van der Waals surface area contributed by atoms with E-state index in [-0.39, 0.29) is 0 Å². The van der Waals surface area contributed by atoms with E-state index in [1.165, 1.54) is 51.4 Å². The molecule has 2 rings (SSSR count). The van der Waals surface area contributed by atoms with Gasteiger partial charge >= 0.3 is 0 Å². The van der Waals surface area contributed by atoms with Crippen LogP contribution in [0.25, 0.3) is 0 Å². The molecule has 0 heterocycles. The number of rotatable bonds is 2. The molecule has 70 valence electrons. The maximum absolute atomic E-state index is 9.39. The van der Waals surface area contributed by atoms with E-state index in [0.717, 1.165) is 5.92 Å². The molecule has 2 fully saturated rings. The minimum Gasteiger partial charge on any atom is -0.396 e. The second-order valence-corrected chi connectivity index (χ2v) is 4.71. The topological polar surface area (TPSA) is 20.2 Å². The van der Waals surface area contributed by atoms with Gasteiger partial charge < -0.3 is 5.11 Å². The number of hydrogen-bond donors (Lipinski definition) is 1. The van der Waals surface area contributed by atoms with Gasteiger partial charge in [0.15, 0.2) is 0 Å². The molecule has 12 heavy (non-hydrogen) atoms. The minimum atomic E-state index is 0.389. The molecule has 0 radical (unpaired) electrons. The fourth-order valence-electron chi connectivity index (χ4n) is 3.04. The van der Waals surface area contributed by atoms with Crippen molar-refractivity contribution in [3.05, 3.63) is 0 Å². The minimum absolute atomic E-state index is 0.389. The van der Waals surface area contributed by atoms with Crippen LogP contribution < -0.4 is 0 Å². The van der Waals surface area contributed by atoms with Gasteiger partial charge in [-0.3, -0.25) is 0 Å². The summed E-state index contributed by atoms with van der Waals surface area (Å²) in [5.41, 5.74) is 0.389. The second kappa shape index (κ2) is 3.37. The van der Waals surface area contributed by atoms with Crippen molar-refractivity contribution in [1.29, 1.82) is 0 Å². The van der Waals surface area contributed by atoms with Gasteiger partial charge in [-0.2, -0.15) is 0 Å². The van der Waals surface area contributed by atoms with E-state index in [1.807, 2.05) is 0 Å². The van der Waals surface area contributed by atoms with Crippen LogP contribution in [-0.2, 0) is 0 Å². The van der Waals surface area contributed by atoms with Crippen LogP contribution in [-0.4, -0.2) is 11.7 Å². The Bertz CT molecular complexity index is 138. The van der Waals surface area contributed by atoms with Gasteiger partial charge in [0.1, 0.15) is 0 Å². The number of hydrogen-bond acceptors (Lipinski definition) is 1. The van der Waals surface area contributed by atoms with E-state index in [9.17, 15) is 5.11 Å². The molecule has 2 saturated carbocycles. The average Bonchev–Trinajstić information content (AvgIpc) is 2.05. The first-order valence-electron chi connectivity index (χ1n) is 5.48. The molecule has 0 aromatic heterocycles. The molecular weight excluding hydrogens is 148 g/mol. The Morgan fingerprint density at radius 3 is 2.08 bits per heavy atom. The molecule has 0 amide bonds. The highest BCUT2D eigenvalue weighted by atomic mass is 16.3. The van der Waals surface area contributed by atoms with Crippen molar-refractivity contribution in [2.24, 2.45) is 11.3 Å². The lowest BCUT2D eigenvalue weighted by Gasteiger charge is -2.48. The second-order valence-electron chi connectivity index (χ2n) is 4.71. The summed E-state index contributed by atoms with van der Waals surface area (Å²) < 4.78 is 0. The highest BCUT2D eigenvalue weighted by Crippen LogP contribution is 2.51. The van der Waals surface area contributed by atoms with E-state index in [4.69, 9.17) is 0 Å². The first-order valence-corrected chi connectivity index (χ1v) is 5.48. The van der Waals surface area contributed by atoms with Crippen molar-refractivity contribution in [3.63, 3.8) is 0 Å². The monoisotopic (exact) mass is 168 g/mol. The third-order valence-corrected chi connectivity index (χ3v) is 4.14. The smallest absolute Gasteiger partial charge is 0.0490 e. The summed E-state index contributed by atoms with van der Waals surface area (Å²) in [6, 6.07) is 0. The van der Waals surface area contributed by atoms with Gasteiger partial charge in [-0.1, -0.05) is 25.7 Å². The molecule has 0 unspecified atom stereocenters. The average molecular weight is 168 g/mol. The van der Waals surface area contributed by atoms with Crippen LogP contribution in [0.15, 0.2) is 0 Å². The number of aliphatic hydroxyl groups is 1. The number of aliphatic hydroxyl groups excluding tert-OH is 1. The molecule has 0 atom stereocenters. The van der Waals surface area contributed by atoms with Crippen LogP contribution in [0.3, 0.4) is 0 Å². The Balaban J connectivity index is 1.95. The maximum Gasteiger partial charge on any atom is 0.0490 e. The van der Waals surface area contributed by atoms with Crippen LogP contribution in [0, 0.1) is 11.3 Å². The summed E-state index contributed by atoms with van der Waals surface area (Å²) in [5, 5.41) is 9.39. The quantitative estimate of drug-likeness (QED) is 0.672. The van der Waals surface area contributed by atoms with Crippen LogP contribution in [0.4, 0.5) is 0 Å². The van der Waals surface area contributed by atoms with Crippen molar-refractivity contribution in [2.75, 3.05) is 6.61 Å². The molecule has 1 heteroatoms. The van der Waals surface area contributed by atoms with Gasteiger partial charge in [0.2, 0.25) is 0 Å². The van der Waals surface area contributed by atoms with Crippen LogP contribution in [0.5, 0.6) is 0 Å². The summed E-state index contributed by atoms with van der Waals surface area (Å²) in [6.45, 7) is 0.456. The molecule has 0 spiro atoms. The van der Waals surface area contributed by atoms with Gasteiger partial charge in [-0.15, -0.1) is 0 Å². The summed E-state index contributed by atoms with van der Waals surface area (Å²) in [6.07, 6.45) is 11.0. The lowest BCUT2D eigenvalue weighted by molar-refractivity contribution is -0.0281. The highest BCUT2D eigenvalue weighted by Gasteiger charge is 2.43. The van der Waals surface area contributed by atoms with E-state index in [0.29, 0.717) is 12.0 Å². The zero-order chi connectivity index (χ0) is 8.44. The third-order valence-electron chi connectivity index (χ3n) is 4.14. The lowest BCUT2D eigenvalue weighted by atomic mass is 9.58. The summed E-state index contributed by atoms with van der Waals surface area (Å²) in [4.78, 5) is 0. The Kier molecular flexibility index (Phi) is 2.40. The lowest BCUT2D eigenvalue weighted by Crippen LogP contribution is -2.41. The molecule has 0 aromatic rings. The molecule has 0 bridgehead atoms. The van der Waals surface area contributed by atoms with Gasteiger partial charge in [-0.25, -0.2) is 0 Å². The van der Waals surface area contributed by atoms with Crippen LogP contribution in [0.2, 0.25) is 0 Å². The van der Waals surface area contributed by atoms with Crippen molar-refractivity contribution in [3.8, 4) is 0 Å². The van der Waals surface area contributed by atoms with Crippen LogP contribution in [0.1, 0.15) is 51.4 Å². The van der Waals surface area contributed by atoms with E-state index in [2.05, 4.69) is 0 Å². The predicted molar refractivity (Wildman–Crippen MR) is 49.9 cm³/mol.